The molecule has 4 heteroatoms. The number of rotatable bonds is 0. The summed E-state index contributed by atoms with van der Waals surface area (Å²) < 4.78 is 0. The predicted molar refractivity (Wildman–Crippen MR) is 37.3 cm³/mol. The molecular weight excluding hydrogens is 190 g/mol. The van der Waals surface area contributed by atoms with Crippen LogP contribution in [0.2, 0.25) is 5.15 Å². The maximum absolute atomic E-state index is 10.3. The van der Waals surface area contributed by atoms with E-state index in [1.165, 1.54) is 6.07 Å². The summed E-state index contributed by atoms with van der Waals surface area (Å²) in [7, 11) is 0. The second kappa shape index (κ2) is 5.55. The van der Waals surface area contributed by atoms with Crippen molar-refractivity contribution >= 4 is 11.6 Å². The average molecular weight is 196 g/mol. The van der Waals surface area contributed by atoms with Gasteiger partial charge in [-0.1, -0.05) is 11.6 Å². The molecule has 0 aliphatic carbocycles. The summed E-state index contributed by atoms with van der Waals surface area (Å²) in [5.41, 5.74) is -0.294. The van der Waals surface area contributed by atoms with Gasteiger partial charge in [-0.3, -0.25) is 4.79 Å². The molecular formula is C6H6ClCrNO. The largest absolute Gasteiger partial charge is 2.00 e. The smallest absolute Gasteiger partial charge is 0.358 e. The SMILES string of the molecule is O=c1[c-]ccc(Cl)[nH]1.[CH3-].[Cr+2]. The van der Waals surface area contributed by atoms with Gasteiger partial charge in [0, 0.05) is 5.15 Å². The molecule has 0 radical (unpaired) electrons. The molecule has 10 heavy (non-hydrogen) atoms. The van der Waals surface area contributed by atoms with Crippen LogP contribution in [0.15, 0.2) is 16.9 Å². The van der Waals surface area contributed by atoms with Crippen LogP contribution in [0.4, 0.5) is 0 Å². The van der Waals surface area contributed by atoms with Gasteiger partial charge in [-0.05, 0) is 0 Å². The fraction of sp³-hybridized carbons (Fsp3) is 0. The van der Waals surface area contributed by atoms with Gasteiger partial charge >= 0.3 is 17.4 Å². The van der Waals surface area contributed by atoms with E-state index < -0.39 is 0 Å². The summed E-state index contributed by atoms with van der Waals surface area (Å²) in [4.78, 5) is 12.6. The molecule has 0 aliphatic rings. The third-order valence-electron chi connectivity index (χ3n) is 0.677. The Bertz CT molecular complexity index is 235. The topological polar surface area (TPSA) is 32.9 Å². The Kier molecular flexibility index (Phi) is 6.91. The zero-order valence-corrected chi connectivity index (χ0v) is 7.38. The standard InChI is InChI=1S/C5H3ClNO.CH3.Cr/c6-4-2-1-3-5(8)7-4;;/h1-2H,(H,7,8);1H3;/q2*-1;+2. The van der Waals surface area contributed by atoms with E-state index in [1.54, 1.807) is 6.07 Å². The first-order chi connectivity index (χ1) is 3.79. The normalized spacial score (nSPS) is 7.30. The molecule has 0 spiro atoms. The molecule has 0 aliphatic heterocycles. The van der Waals surface area contributed by atoms with E-state index in [2.05, 4.69) is 11.1 Å². The van der Waals surface area contributed by atoms with Crippen molar-refractivity contribution in [3.05, 3.63) is 41.1 Å². The number of aromatic amines is 1. The van der Waals surface area contributed by atoms with E-state index in [-0.39, 0.29) is 30.3 Å². The quantitative estimate of drug-likeness (QED) is 0.491. The van der Waals surface area contributed by atoms with Crippen molar-refractivity contribution in [1.29, 1.82) is 0 Å². The van der Waals surface area contributed by atoms with Crippen molar-refractivity contribution < 1.29 is 17.4 Å². The van der Waals surface area contributed by atoms with Crippen molar-refractivity contribution in [3.8, 4) is 0 Å². The Morgan fingerprint density at radius 3 is 2.50 bits per heavy atom. The zero-order valence-electron chi connectivity index (χ0n) is 5.35. The van der Waals surface area contributed by atoms with Gasteiger partial charge in [0.25, 0.3) is 0 Å². The number of H-pyrrole nitrogens is 1. The van der Waals surface area contributed by atoms with Crippen molar-refractivity contribution in [1.82, 2.24) is 4.98 Å². The molecule has 1 heterocycles. The van der Waals surface area contributed by atoms with Gasteiger partial charge in [0.2, 0.25) is 0 Å². The summed E-state index contributed by atoms with van der Waals surface area (Å²) >= 11 is 5.37. The fourth-order valence-electron chi connectivity index (χ4n) is 0.377. The Labute approximate surface area is 75.4 Å². The number of hydrogen-bond donors (Lipinski definition) is 1. The molecule has 0 unspecified atom stereocenters. The third-order valence-corrected chi connectivity index (χ3v) is 0.898. The van der Waals surface area contributed by atoms with E-state index >= 15 is 0 Å². The molecule has 0 amide bonds. The molecule has 0 saturated carbocycles. The molecule has 1 rings (SSSR count). The maximum atomic E-state index is 10.3. The van der Waals surface area contributed by atoms with Gasteiger partial charge in [0.15, 0.2) is 5.56 Å². The van der Waals surface area contributed by atoms with Gasteiger partial charge in [-0.2, -0.15) is 12.1 Å². The average Bonchev–Trinajstić information content (AvgIpc) is 1.64. The number of aromatic nitrogens is 1. The number of hydrogen-bond acceptors (Lipinski definition) is 1. The molecule has 1 aromatic rings. The van der Waals surface area contributed by atoms with Crippen molar-refractivity contribution in [2.24, 2.45) is 0 Å². The Balaban J connectivity index is 0. The first kappa shape index (κ1) is 12.4. The second-order valence-electron chi connectivity index (χ2n) is 1.28. The molecule has 0 saturated heterocycles. The van der Waals surface area contributed by atoms with Gasteiger partial charge in [-0.25, -0.2) is 6.07 Å². The molecule has 0 fully saturated rings. The first-order valence-electron chi connectivity index (χ1n) is 2.05. The first-order valence-corrected chi connectivity index (χ1v) is 2.43. The van der Waals surface area contributed by atoms with Crippen LogP contribution in [0, 0.1) is 13.5 Å². The molecule has 1 N–H and O–H groups in total. The Hall–Kier alpha value is -0.228. The Morgan fingerprint density at radius 1 is 1.60 bits per heavy atom. The van der Waals surface area contributed by atoms with Crippen LogP contribution in [0.1, 0.15) is 0 Å². The van der Waals surface area contributed by atoms with E-state index in [1.807, 2.05) is 0 Å². The summed E-state index contributed by atoms with van der Waals surface area (Å²) in [6.07, 6.45) is 0. The third kappa shape index (κ3) is 3.73. The van der Waals surface area contributed by atoms with Crippen molar-refractivity contribution in [2.75, 3.05) is 0 Å². The summed E-state index contributed by atoms with van der Waals surface area (Å²) in [5.74, 6) is 0. The number of halogens is 1. The van der Waals surface area contributed by atoms with E-state index in [0.717, 1.165) is 0 Å². The summed E-state index contributed by atoms with van der Waals surface area (Å²) in [6, 6.07) is 5.41. The van der Waals surface area contributed by atoms with Gasteiger partial charge in [-0.15, -0.1) is 0 Å². The van der Waals surface area contributed by atoms with Crippen LogP contribution in [0.3, 0.4) is 0 Å². The van der Waals surface area contributed by atoms with Crippen LogP contribution >= 0.6 is 11.6 Å². The molecule has 2 nitrogen and oxygen atoms in total. The van der Waals surface area contributed by atoms with Gasteiger partial charge in [0.05, 0.1) is 0 Å². The Morgan fingerprint density at radius 2 is 2.20 bits per heavy atom. The fourth-order valence-corrected chi connectivity index (χ4v) is 0.526. The minimum absolute atomic E-state index is 0. The molecule has 1 aromatic heterocycles. The van der Waals surface area contributed by atoms with Gasteiger partial charge < -0.3 is 12.4 Å². The maximum Gasteiger partial charge on any atom is 2.00 e. The van der Waals surface area contributed by atoms with E-state index in [9.17, 15) is 4.79 Å². The number of nitrogens with one attached hydrogen (secondary N) is 1. The number of pyridine rings is 1. The van der Waals surface area contributed by atoms with Crippen LogP contribution in [-0.2, 0) is 17.4 Å². The second-order valence-corrected chi connectivity index (χ2v) is 1.69. The molecule has 0 atom stereocenters. The minimum atomic E-state index is -0.294. The summed E-state index contributed by atoms with van der Waals surface area (Å²) in [5, 5.41) is 0.341. The van der Waals surface area contributed by atoms with E-state index in [4.69, 9.17) is 11.6 Å². The molecule has 0 bridgehead atoms. The van der Waals surface area contributed by atoms with Crippen LogP contribution < -0.4 is 5.56 Å². The molecule has 54 valence electrons. The van der Waals surface area contributed by atoms with Crippen LogP contribution in [-0.4, -0.2) is 4.98 Å². The molecule has 0 aromatic carbocycles. The van der Waals surface area contributed by atoms with Crippen LogP contribution in [0.25, 0.3) is 0 Å². The minimum Gasteiger partial charge on any atom is -0.358 e. The van der Waals surface area contributed by atoms with Crippen molar-refractivity contribution in [3.63, 3.8) is 0 Å². The monoisotopic (exact) mass is 195 g/mol. The van der Waals surface area contributed by atoms with Crippen molar-refractivity contribution in [2.45, 2.75) is 0 Å². The zero-order chi connectivity index (χ0) is 5.98. The van der Waals surface area contributed by atoms with Gasteiger partial charge in [0.1, 0.15) is 0 Å². The van der Waals surface area contributed by atoms with Crippen LogP contribution in [0.5, 0.6) is 0 Å². The van der Waals surface area contributed by atoms with E-state index in [0.29, 0.717) is 5.15 Å². The summed E-state index contributed by atoms with van der Waals surface area (Å²) in [6.45, 7) is 0. The predicted octanol–water partition coefficient (Wildman–Crippen LogP) is 1.28.